The number of carbonyl (C=O) groups excluding carboxylic acids is 3. The normalized spacial score (nSPS) is 29.6. The number of benzene rings is 3. The minimum Gasteiger partial charge on any atom is -0.394 e. The van der Waals surface area contributed by atoms with Crippen molar-refractivity contribution in [3.8, 4) is 0 Å². The number of hydrogen-bond acceptors (Lipinski definition) is 5. The van der Waals surface area contributed by atoms with Crippen molar-refractivity contribution >= 4 is 34.2 Å². The molecule has 3 aromatic rings. The van der Waals surface area contributed by atoms with Crippen molar-refractivity contribution in [2.24, 2.45) is 17.8 Å². The predicted molar refractivity (Wildman–Crippen MR) is 177 cm³/mol. The third-order valence-electron chi connectivity index (χ3n) is 10.2. The summed E-state index contributed by atoms with van der Waals surface area (Å²) in [6.45, 7) is 6.70. The van der Waals surface area contributed by atoms with Crippen LogP contribution < -0.4 is 4.90 Å². The number of amides is 3. The lowest BCUT2D eigenvalue weighted by Crippen LogP contribution is -2.59. The molecule has 3 aromatic carbocycles. The predicted octanol–water partition coefficient (Wildman–Crippen LogP) is 4.72. The van der Waals surface area contributed by atoms with Gasteiger partial charge in [-0.2, -0.15) is 0 Å². The van der Waals surface area contributed by atoms with Crippen LogP contribution in [0.4, 0.5) is 5.69 Å². The maximum atomic E-state index is 14.9. The molecular weight excluding hydrogens is 578 g/mol. The first kappa shape index (κ1) is 30.4. The van der Waals surface area contributed by atoms with Gasteiger partial charge in [0.05, 0.1) is 30.1 Å². The van der Waals surface area contributed by atoms with Crippen molar-refractivity contribution in [2.75, 3.05) is 24.6 Å². The fourth-order valence-corrected chi connectivity index (χ4v) is 8.25. The third-order valence-corrected chi connectivity index (χ3v) is 10.2. The molecule has 0 aliphatic carbocycles. The first-order valence-corrected chi connectivity index (χ1v) is 16.3. The molecule has 4 heterocycles. The van der Waals surface area contributed by atoms with Crippen molar-refractivity contribution in [2.45, 2.75) is 57.0 Å². The number of rotatable bonds is 7. The minimum absolute atomic E-state index is 0.157. The Hall–Kier alpha value is -4.27. The van der Waals surface area contributed by atoms with E-state index >= 15 is 0 Å². The average Bonchev–Trinajstić information content (AvgIpc) is 3.33. The van der Waals surface area contributed by atoms with Gasteiger partial charge < -0.3 is 24.5 Å². The van der Waals surface area contributed by atoms with Gasteiger partial charge in [-0.3, -0.25) is 14.4 Å². The van der Waals surface area contributed by atoms with E-state index in [-0.39, 0.29) is 36.8 Å². The fraction of sp³-hybridized carbons (Fsp3) is 0.395. The van der Waals surface area contributed by atoms with Crippen LogP contribution in [0.3, 0.4) is 0 Å². The number of hydrogen-bond donors (Lipinski definition) is 1. The average molecular weight is 620 g/mol. The molecular formula is C38H41N3O5. The molecule has 46 heavy (non-hydrogen) atoms. The van der Waals surface area contributed by atoms with Crippen molar-refractivity contribution in [1.29, 1.82) is 0 Å². The maximum Gasteiger partial charge on any atom is 0.253 e. The molecule has 4 aliphatic rings. The molecule has 6 atom stereocenters. The van der Waals surface area contributed by atoms with Crippen LogP contribution in [-0.4, -0.2) is 75.6 Å². The smallest absolute Gasteiger partial charge is 0.253 e. The lowest BCUT2D eigenvalue weighted by molar-refractivity contribution is -0.151. The Morgan fingerprint density at radius 3 is 2.30 bits per heavy atom. The summed E-state index contributed by atoms with van der Waals surface area (Å²) >= 11 is 0. The van der Waals surface area contributed by atoms with Gasteiger partial charge in [0.2, 0.25) is 11.8 Å². The van der Waals surface area contributed by atoms with Gasteiger partial charge in [-0.25, -0.2) is 0 Å². The first-order chi connectivity index (χ1) is 22.2. The number of aliphatic hydroxyl groups excluding tert-OH is 1. The molecule has 4 aliphatic heterocycles. The Bertz CT molecular complexity index is 1740. The Labute approximate surface area is 269 Å². The molecule has 1 N–H and O–H groups in total. The molecule has 8 heteroatoms. The SMILES string of the molecule is CC(C)C[C@H](CO)N1C(=O)[C@@H]2[C@@H]3C(=O)N(Cc4ccccc4)CC=C[C@]3(C)O[C@@]23C=CCN(c2ccc4ccccc4c2)C(=O)C13. The third kappa shape index (κ3) is 4.77. The number of fused-ring (bicyclic) bond motifs is 3. The summed E-state index contributed by atoms with van der Waals surface area (Å²) in [6, 6.07) is 22.0. The van der Waals surface area contributed by atoms with Gasteiger partial charge in [0, 0.05) is 25.3 Å². The van der Waals surface area contributed by atoms with Gasteiger partial charge in [-0.05, 0) is 47.7 Å². The van der Waals surface area contributed by atoms with E-state index in [0.29, 0.717) is 25.2 Å². The summed E-state index contributed by atoms with van der Waals surface area (Å²) in [6.07, 6.45) is 8.12. The Morgan fingerprint density at radius 2 is 1.57 bits per heavy atom. The lowest BCUT2D eigenvalue weighted by atomic mass is 9.74. The second-order valence-electron chi connectivity index (χ2n) is 13.7. The second kappa shape index (κ2) is 11.5. The summed E-state index contributed by atoms with van der Waals surface area (Å²) in [4.78, 5) is 49.4. The van der Waals surface area contributed by atoms with Crippen LogP contribution in [-0.2, 0) is 25.7 Å². The van der Waals surface area contributed by atoms with Crippen LogP contribution in [0, 0.1) is 17.8 Å². The van der Waals surface area contributed by atoms with Crippen molar-refractivity contribution < 1.29 is 24.2 Å². The van der Waals surface area contributed by atoms with Crippen LogP contribution in [0.5, 0.6) is 0 Å². The van der Waals surface area contributed by atoms with Crippen LogP contribution in [0.15, 0.2) is 97.1 Å². The number of carbonyl (C=O) groups is 3. The molecule has 238 valence electrons. The second-order valence-corrected chi connectivity index (χ2v) is 13.7. The van der Waals surface area contributed by atoms with E-state index in [0.717, 1.165) is 16.3 Å². The van der Waals surface area contributed by atoms with Crippen LogP contribution in [0.2, 0.25) is 0 Å². The summed E-state index contributed by atoms with van der Waals surface area (Å²) in [7, 11) is 0. The van der Waals surface area contributed by atoms with Gasteiger partial charge in [-0.15, -0.1) is 0 Å². The summed E-state index contributed by atoms with van der Waals surface area (Å²) in [5.41, 5.74) is -0.789. The van der Waals surface area contributed by atoms with Crippen molar-refractivity contribution in [3.05, 3.63) is 103 Å². The minimum atomic E-state index is -1.39. The molecule has 0 bridgehead atoms. The molecule has 0 aromatic heterocycles. The van der Waals surface area contributed by atoms with E-state index in [2.05, 4.69) is 0 Å². The van der Waals surface area contributed by atoms with Gasteiger partial charge in [-0.1, -0.05) is 98.8 Å². The van der Waals surface area contributed by atoms with Gasteiger partial charge in [0.15, 0.2) is 0 Å². The zero-order valence-electron chi connectivity index (χ0n) is 26.6. The van der Waals surface area contributed by atoms with E-state index in [1.807, 2.05) is 118 Å². The molecule has 1 spiro atoms. The summed E-state index contributed by atoms with van der Waals surface area (Å²) in [5, 5.41) is 12.7. The van der Waals surface area contributed by atoms with Crippen LogP contribution in [0.25, 0.3) is 10.8 Å². The summed E-state index contributed by atoms with van der Waals surface area (Å²) < 4.78 is 7.01. The van der Waals surface area contributed by atoms with Gasteiger partial charge in [0.25, 0.3) is 5.91 Å². The molecule has 0 radical (unpaired) electrons. The molecule has 1 unspecified atom stereocenters. The highest BCUT2D eigenvalue weighted by Crippen LogP contribution is 2.58. The number of ether oxygens (including phenoxy) is 1. The largest absolute Gasteiger partial charge is 0.394 e. The molecule has 3 amide bonds. The number of likely N-dealkylation sites (tertiary alicyclic amines) is 1. The van der Waals surface area contributed by atoms with E-state index in [4.69, 9.17) is 4.74 Å². The lowest BCUT2D eigenvalue weighted by Gasteiger charge is -2.40. The highest BCUT2D eigenvalue weighted by Gasteiger charge is 2.75. The monoisotopic (exact) mass is 619 g/mol. The topological polar surface area (TPSA) is 90.4 Å². The molecule has 0 saturated carbocycles. The van der Waals surface area contributed by atoms with Crippen LogP contribution >= 0.6 is 0 Å². The Morgan fingerprint density at radius 1 is 0.848 bits per heavy atom. The maximum absolute atomic E-state index is 14.9. The quantitative estimate of drug-likeness (QED) is 0.387. The zero-order valence-corrected chi connectivity index (χ0v) is 26.6. The van der Waals surface area contributed by atoms with E-state index in [9.17, 15) is 19.5 Å². The molecule has 2 saturated heterocycles. The Balaban J connectivity index is 1.34. The molecule has 8 nitrogen and oxygen atoms in total. The molecule has 7 rings (SSSR count). The first-order valence-electron chi connectivity index (χ1n) is 16.3. The standard InChI is InChI=1S/C38H41N3O5/c1-25(2)21-30(24-42)41-33-36(45)40(29-16-15-27-13-7-8-14-28(27)22-29)20-10-18-38(33)32(35(41)44)31-34(43)39(19-9-17-37(31,3)46-38)23-26-11-5-4-6-12-26/h4-18,22,25,30-33,42H,19-21,23-24H2,1-3H3/t30-,31-,32+,33?,37+,38+/m1/s1. The fourth-order valence-electron chi connectivity index (χ4n) is 8.25. The Kier molecular flexibility index (Phi) is 7.60. The van der Waals surface area contributed by atoms with E-state index in [1.54, 1.807) is 14.7 Å². The van der Waals surface area contributed by atoms with Crippen molar-refractivity contribution in [1.82, 2.24) is 9.80 Å². The number of aliphatic hydroxyl groups is 1. The van der Waals surface area contributed by atoms with Crippen molar-refractivity contribution in [3.63, 3.8) is 0 Å². The van der Waals surface area contributed by atoms with Crippen LogP contribution in [0.1, 0.15) is 32.8 Å². The highest BCUT2D eigenvalue weighted by atomic mass is 16.5. The van der Waals surface area contributed by atoms with E-state index < -0.39 is 35.1 Å². The summed E-state index contributed by atoms with van der Waals surface area (Å²) in [5.74, 6) is -2.40. The molecule has 2 fully saturated rings. The number of anilines is 1. The van der Waals surface area contributed by atoms with E-state index in [1.165, 1.54) is 0 Å². The zero-order chi connectivity index (χ0) is 32.2. The number of nitrogens with zero attached hydrogens (tertiary/aromatic N) is 3. The van der Waals surface area contributed by atoms with Gasteiger partial charge in [0.1, 0.15) is 11.6 Å². The highest BCUT2D eigenvalue weighted by molar-refractivity contribution is 6.07. The van der Waals surface area contributed by atoms with Gasteiger partial charge >= 0.3 is 0 Å².